The van der Waals surface area contributed by atoms with Gasteiger partial charge < -0.3 is 10.1 Å². The fraction of sp³-hybridized carbons (Fsp3) is 0.250. The van der Waals surface area contributed by atoms with Crippen molar-refractivity contribution < 1.29 is 9.53 Å². The zero-order valence-corrected chi connectivity index (χ0v) is 13.7. The molecule has 2 rings (SSSR count). The number of hydrogen-bond acceptors (Lipinski definition) is 2. The summed E-state index contributed by atoms with van der Waals surface area (Å²) < 4.78 is 5.78. The molecular formula is C20H23NO2. The maximum Gasteiger partial charge on any atom is 0.244 e. The highest BCUT2D eigenvalue weighted by Gasteiger charge is 1.99. The molecule has 0 aromatic heterocycles. The largest absolute Gasteiger partial charge is 0.489 e. The molecule has 0 radical (unpaired) electrons. The first-order valence-corrected chi connectivity index (χ1v) is 7.86. The third-order valence-corrected chi connectivity index (χ3v) is 3.22. The standard InChI is InChI=1S/C20H23NO2/c1-16(2)14-21-20(22)12-11-17-9-6-10-19(13-17)23-15-18-7-4-3-5-8-18/h3-13,16H,14-15H2,1-2H3,(H,21,22)/b12-11+. The maximum atomic E-state index is 11.7. The zero-order valence-electron chi connectivity index (χ0n) is 13.7. The van der Waals surface area contributed by atoms with Gasteiger partial charge in [-0.25, -0.2) is 0 Å². The van der Waals surface area contributed by atoms with Gasteiger partial charge in [0.25, 0.3) is 0 Å². The van der Waals surface area contributed by atoms with Crippen LogP contribution in [0.25, 0.3) is 6.08 Å². The van der Waals surface area contributed by atoms with Gasteiger partial charge >= 0.3 is 0 Å². The molecule has 2 aromatic carbocycles. The molecule has 0 saturated heterocycles. The molecule has 0 spiro atoms. The van der Waals surface area contributed by atoms with E-state index in [9.17, 15) is 4.79 Å². The van der Waals surface area contributed by atoms with E-state index in [-0.39, 0.29) is 5.91 Å². The van der Waals surface area contributed by atoms with Crippen molar-refractivity contribution in [1.29, 1.82) is 0 Å². The second kappa shape index (κ2) is 8.79. The third kappa shape index (κ3) is 6.39. The van der Waals surface area contributed by atoms with E-state index in [0.717, 1.165) is 16.9 Å². The van der Waals surface area contributed by atoms with Crippen LogP contribution in [0.15, 0.2) is 60.7 Å². The Labute approximate surface area is 138 Å². The van der Waals surface area contributed by atoms with E-state index in [2.05, 4.69) is 19.2 Å². The van der Waals surface area contributed by atoms with Crippen molar-refractivity contribution in [3.8, 4) is 5.75 Å². The second-order valence-electron chi connectivity index (χ2n) is 5.82. The van der Waals surface area contributed by atoms with Crippen molar-refractivity contribution in [2.45, 2.75) is 20.5 Å². The Kier molecular flexibility index (Phi) is 6.42. The Morgan fingerprint density at radius 2 is 1.91 bits per heavy atom. The lowest BCUT2D eigenvalue weighted by Gasteiger charge is -2.07. The van der Waals surface area contributed by atoms with Gasteiger partial charge in [-0.1, -0.05) is 56.3 Å². The van der Waals surface area contributed by atoms with E-state index in [0.29, 0.717) is 19.1 Å². The van der Waals surface area contributed by atoms with Crippen LogP contribution in [-0.2, 0) is 11.4 Å². The van der Waals surface area contributed by atoms with Crippen molar-refractivity contribution in [2.24, 2.45) is 5.92 Å². The summed E-state index contributed by atoms with van der Waals surface area (Å²) in [4.78, 5) is 11.7. The summed E-state index contributed by atoms with van der Waals surface area (Å²) in [6.07, 6.45) is 3.35. The Balaban J connectivity index is 1.90. The molecule has 0 aliphatic heterocycles. The number of rotatable bonds is 7. The van der Waals surface area contributed by atoms with Crippen LogP contribution in [-0.4, -0.2) is 12.5 Å². The van der Waals surface area contributed by atoms with E-state index >= 15 is 0 Å². The number of nitrogens with one attached hydrogen (secondary N) is 1. The maximum absolute atomic E-state index is 11.7. The van der Waals surface area contributed by atoms with E-state index in [1.807, 2.05) is 54.6 Å². The second-order valence-corrected chi connectivity index (χ2v) is 5.82. The molecular weight excluding hydrogens is 286 g/mol. The summed E-state index contributed by atoms with van der Waals surface area (Å²) in [5.74, 6) is 1.16. The molecule has 3 heteroatoms. The molecule has 0 heterocycles. The van der Waals surface area contributed by atoms with E-state index in [4.69, 9.17) is 4.74 Å². The molecule has 0 aliphatic carbocycles. The highest BCUT2D eigenvalue weighted by atomic mass is 16.5. The molecule has 0 bridgehead atoms. The normalized spacial score (nSPS) is 10.9. The van der Waals surface area contributed by atoms with Gasteiger partial charge in [0, 0.05) is 12.6 Å². The number of benzene rings is 2. The summed E-state index contributed by atoms with van der Waals surface area (Å²) in [7, 11) is 0. The Morgan fingerprint density at radius 1 is 1.13 bits per heavy atom. The summed E-state index contributed by atoms with van der Waals surface area (Å²) >= 11 is 0. The van der Waals surface area contributed by atoms with Crippen molar-refractivity contribution in [1.82, 2.24) is 5.32 Å². The molecule has 0 unspecified atom stereocenters. The van der Waals surface area contributed by atoms with Gasteiger partial charge in [0.15, 0.2) is 0 Å². The molecule has 3 nitrogen and oxygen atoms in total. The van der Waals surface area contributed by atoms with Crippen LogP contribution in [0.2, 0.25) is 0 Å². The summed E-state index contributed by atoms with van der Waals surface area (Å²) in [5.41, 5.74) is 2.07. The van der Waals surface area contributed by atoms with Crippen LogP contribution in [0.3, 0.4) is 0 Å². The number of carbonyl (C=O) groups excluding carboxylic acids is 1. The fourth-order valence-electron chi connectivity index (χ4n) is 1.98. The number of carbonyl (C=O) groups is 1. The average Bonchev–Trinajstić information content (AvgIpc) is 2.57. The Hall–Kier alpha value is -2.55. The molecule has 0 aliphatic rings. The number of hydrogen-bond donors (Lipinski definition) is 1. The zero-order chi connectivity index (χ0) is 16.5. The molecule has 2 aromatic rings. The van der Waals surface area contributed by atoms with Crippen molar-refractivity contribution in [3.63, 3.8) is 0 Å². The van der Waals surface area contributed by atoms with Gasteiger partial charge in [-0.2, -0.15) is 0 Å². The molecule has 1 amide bonds. The van der Waals surface area contributed by atoms with E-state index < -0.39 is 0 Å². The smallest absolute Gasteiger partial charge is 0.244 e. The topological polar surface area (TPSA) is 38.3 Å². The van der Waals surface area contributed by atoms with Crippen LogP contribution in [0.5, 0.6) is 5.75 Å². The molecule has 120 valence electrons. The average molecular weight is 309 g/mol. The van der Waals surface area contributed by atoms with Crippen LogP contribution >= 0.6 is 0 Å². The first-order valence-electron chi connectivity index (χ1n) is 7.86. The van der Waals surface area contributed by atoms with E-state index in [1.165, 1.54) is 0 Å². The van der Waals surface area contributed by atoms with Crippen LogP contribution in [0.1, 0.15) is 25.0 Å². The highest BCUT2D eigenvalue weighted by Crippen LogP contribution is 2.16. The molecule has 0 atom stereocenters. The van der Waals surface area contributed by atoms with Gasteiger partial charge in [0.1, 0.15) is 12.4 Å². The lowest BCUT2D eigenvalue weighted by atomic mass is 10.2. The molecule has 23 heavy (non-hydrogen) atoms. The lowest BCUT2D eigenvalue weighted by Crippen LogP contribution is -2.25. The predicted molar refractivity (Wildman–Crippen MR) is 94.1 cm³/mol. The van der Waals surface area contributed by atoms with Gasteiger partial charge in [-0.15, -0.1) is 0 Å². The molecule has 0 fully saturated rings. The first-order chi connectivity index (χ1) is 11.1. The Morgan fingerprint density at radius 3 is 2.65 bits per heavy atom. The Bertz CT molecular complexity index is 648. The fourth-order valence-corrected chi connectivity index (χ4v) is 1.98. The quantitative estimate of drug-likeness (QED) is 0.784. The lowest BCUT2D eigenvalue weighted by molar-refractivity contribution is -0.116. The van der Waals surface area contributed by atoms with Gasteiger partial charge in [0.2, 0.25) is 5.91 Å². The minimum atomic E-state index is -0.0747. The molecule has 1 N–H and O–H groups in total. The van der Waals surface area contributed by atoms with Crippen LogP contribution in [0.4, 0.5) is 0 Å². The van der Waals surface area contributed by atoms with Crippen LogP contribution in [0, 0.1) is 5.92 Å². The minimum Gasteiger partial charge on any atom is -0.489 e. The first kappa shape index (κ1) is 16.8. The number of amides is 1. The third-order valence-electron chi connectivity index (χ3n) is 3.22. The summed E-state index contributed by atoms with van der Waals surface area (Å²) in [6, 6.07) is 17.7. The van der Waals surface area contributed by atoms with Crippen molar-refractivity contribution >= 4 is 12.0 Å². The summed E-state index contributed by atoms with van der Waals surface area (Å²) in [5, 5.41) is 2.86. The predicted octanol–water partition coefficient (Wildman–Crippen LogP) is 4.05. The van der Waals surface area contributed by atoms with Gasteiger partial charge in [-0.3, -0.25) is 4.79 Å². The molecule has 0 saturated carbocycles. The van der Waals surface area contributed by atoms with Crippen LogP contribution < -0.4 is 10.1 Å². The van der Waals surface area contributed by atoms with Gasteiger partial charge in [-0.05, 0) is 35.3 Å². The highest BCUT2D eigenvalue weighted by molar-refractivity contribution is 5.91. The van der Waals surface area contributed by atoms with E-state index in [1.54, 1.807) is 12.2 Å². The summed E-state index contributed by atoms with van der Waals surface area (Å²) in [6.45, 7) is 5.35. The number of ether oxygens (including phenoxy) is 1. The SMILES string of the molecule is CC(C)CNC(=O)/C=C/c1cccc(OCc2ccccc2)c1. The van der Waals surface area contributed by atoms with Gasteiger partial charge in [0.05, 0.1) is 0 Å². The monoisotopic (exact) mass is 309 g/mol. The van der Waals surface area contributed by atoms with Crippen molar-refractivity contribution in [2.75, 3.05) is 6.54 Å². The van der Waals surface area contributed by atoms with Crippen molar-refractivity contribution in [3.05, 3.63) is 71.8 Å². The minimum absolute atomic E-state index is 0.0747.